The summed E-state index contributed by atoms with van der Waals surface area (Å²) in [5.74, 6) is 0. The fourth-order valence-electron chi connectivity index (χ4n) is 1.07. The van der Waals surface area contributed by atoms with Crippen molar-refractivity contribution < 1.29 is 4.79 Å². The van der Waals surface area contributed by atoms with Crippen molar-refractivity contribution in [2.75, 3.05) is 0 Å². The molecule has 2 nitrogen and oxygen atoms in total. The van der Waals surface area contributed by atoms with Crippen molar-refractivity contribution in [2.45, 2.75) is 0 Å². The van der Waals surface area contributed by atoms with Crippen molar-refractivity contribution >= 4 is 43.6 Å². The molecule has 0 amide bonds. The predicted molar refractivity (Wildman–Crippen MR) is 52.7 cm³/mol. The van der Waals surface area contributed by atoms with Gasteiger partial charge in [-0.3, -0.25) is 9.78 Å². The summed E-state index contributed by atoms with van der Waals surface area (Å²) in [5, 5.41) is 2.92. The highest BCUT2D eigenvalue weighted by Crippen LogP contribution is 2.31. The molecule has 0 saturated carbocycles. The molecule has 0 spiro atoms. The van der Waals surface area contributed by atoms with Crippen molar-refractivity contribution in [3.05, 3.63) is 27.8 Å². The zero-order chi connectivity index (χ0) is 8.55. The first-order valence-electron chi connectivity index (χ1n) is 3.29. The fraction of sp³-hybridized carbons (Fsp3) is 0. The number of carbonyl (C=O) groups is 1. The number of hydrogen-bond donors (Lipinski definition) is 0. The van der Waals surface area contributed by atoms with Crippen molar-refractivity contribution in [3.63, 3.8) is 0 Å². The minimum absolute atomic E-state index is 0.639. The normalized spacial score (nSPS) is 10.4. The Balaban J connectivity index is 2.93. The molecule has 12 heavy (non-hydrogen) atoms. The van der Waals surface area contributed by atoms with E-state index in [0.29, 0.717) is 5.56 Å². The number of aldehydes is 1. The van der Waals surface area contributed by atoms with Gasteiger partial charge >= 0.3 is 0 Å². The second-order valence-electron chi connectivity index (χ2n) is 2.30. The van der Waals surface area contributed by atoms with Crippen LogP contribution < -0.4 is 0 Å². The topological polar surface area (TPSA) is 30.0 Å². The minimum atomic E-state index is 0.639. The van der Waals surface area contributed by atoms with Crippen molar-refractivity contribution in [3.8, 4) is 0 Å². The van der Waals surface area contributed by atoms with Crippen LogP contribution in [0, 0.1) is 0 Å². The van der Waals surface area contributed by atoms with Gasteiger partial charge in [0.05, 0.1) is 4.70 Å². The largest absolute Gasteiger partial charge is 0.298 e. The lowest BCUT2D eigenvalue weighted by atomic mass is 10.2. The highest BCUT2D eigenvalue weighted by atomic mass is 79.9. The van der Waals surface area contributed by atoms with E-state index in [2.05, 4.69) is 20.9 Å². The lowest BCUT2D eigenvalue weighted by Crippen LogP contribution is -1.82. The second kappa shape index (κ2) is 2.95. The van der Waals surface area contributed by atoms with Gasteiger partial charge in [-0.1, -0.05) is 0 Å². The van der Waals surface area contributed by atoms with E-state index in [4.69, 9.17) is 0 Å². The molecule has 2 heterocycles. The van der Waals surface area contributed by atoms with Crippen molar-refractivity contribution in [2.24, 2.45) is 0 Å². The maximum atomic E-state index is 10.6. The lowest BCUT2D eigenvalue weighted by Gasteiger charge is -1.92. The van der Waals surface area contributed by atoms with E-state index in [1.165, 1.54) is 0 Å². The Morgan fingerprint density at radius 2 is 2.33 bits per heavy atom. The lowest BCUT2D eigenvalue weighted by molar-refractivity contribution is 0.112. The molecule has 0 aliphatic heterocycles. The number of carbonyl (C=O) groups excluding carboxylic acids is 1. The summed E-state index contributed by atoms with van der Waals surface area (Å²) in [6, 6.07) is 0. The Kier molecular flexibility index (Phi) is 1.94. The summed E-state index contributed by atoms with van der Waals surface area (Å²) in [5.41, 5.74) is 0.639. The third kappa shape index (κ3) is 1.07. The van der Waals surface area contributed by atoms with Gasteiger partial charge in [0.15, 0.2) is 6.29 Å². The van der Waals surface area contributed by atoms with E-state index in [9.17, 15) is 4.79 Å². The molecule has 0 aliphatic carbocycles. The monoisotopic (exact) mass is 241 g/mol. The summed E-state index contributed by atoms with van der Waals surface area (Å²) in [6.07, 6.45) is 4.16. The maximum Gasteiger partial charge on any atom is 0.152 e. The first kappa shape index (κ1) is 7.89. The summed E-state index contributed by atoms with van der Waals surface area (Å²) in [4.78, 5) is 14.6. The predicted octanol–water partition coefficient (Wildman–Crippen LogP) is 2.87. The average molecular weight is 242 g/mol. The van der Waals surface area contributed by atoms with Gasteiger partial charge in [-0.15, -0.1) is 11.3 Å². The van der Waals surface area contributed by atoms with E-state index >= 15 is 0 Å². The summed E-state index contributed by atoms with van der Waals surface area (Å²) in [7, 11) is 0. The number of pyridine rings is 1. The van der Waals surface area contributed by atoms with E-state index in [1.54, 1.807) is 23.7 Å². The van der Waals surface area contributed by atoms with E-state index in [1.807, 2.05) is 5.38 Å². The molecular weight excluding hydrogens is 238 g/mol. The SMILES string of the molecule is O=Cc1cncc2scc(Br)c12. The van der Waals surface area contributed by atoms with Crippen LogP contribution in [0.2, 0.25) is 0 Å². The van der Waals surface area contributed by atoms with Gasteiger partial charge in [0.25, 0.3) is 0 Å². The van der Waals surface area contributed by atoms with Gasteiger partial charge in [-0.2, -0.15) is 0 Å². The van der Waals surface area contributed by atoms with Crippen molar-refractivity contribution in [1.82, 2.24) is 4.98 Å². The molecule has 0 radical (unpaired) electrons. The average Bonchev–Trinajstić information content (AvgIpc) is 2.48. The number of fused-ring (bicyclic) bond motifs is 1. The van der Waals surface area contributed by atoms with Gasteiger partial charge in [0.1, 0.15) is 0 Å². The third-order valence-corrected chi connectivity index (χ3v) is 3.44. The standard InChI is InChI=1S/C8H4BrNOS/c9-6-4-12-7-2-10-1-5(3-11)8(6)7/h1-4H. The van der Waals surface area contributed by atoms with Crippen LogP contribution in [-0.2, 0) is 0 Å². The first-order chi connectivity index (χ1) is 5.83. The van der Waals surface area contributed by atoms with Crippen LogP contribution >= 0.6 is 27.3 Å². The molecule has 0 aromatic carbocycles. The van der Waals surface area contributed by atoms with Crippen LogP contribution in [0.3, 0.4) is 0 Å². The Hall–Kier alpha value is -0.740. The van der Waals surface area contributed by atoms with Gasteiger partial charge < -0.3 is 0 Å². The van der Waals surface area contributed by atoms with Crippen LogP contribution in [-0.4, -0.2) is 11.3 Å². The van der Waals surface area contributed by atoms with Crippen LogP contribution in [0.25, 0.3) is 10.1 Å². The zero-order valence-corrected chi connectivity index (χ0v) is 8.35. The Bertz CT molecular complexity index is 438. The molecule has 60 valence electrons. The fourth-order valence-corrected chi connectivity index (χ4v) is 2.73. The van der Waals surface area contributed by atoms with Gasteiger partial charge in [-0.25, -0.2) is 0 Å². The Morgan fingerprint density at radius 1 is 1.50 bits per heavy atom. The number of rotatable bonds is 1. The molecule has 0 aliphatic rings. The molecule has 0 unspecified atom stereocenters. The number of hydrogen-bond acceptors (Lipinski definition) is 3. The smallest absolute Gasteiger partial charge is 0.152 e. The summed E-state index contributed by atoms with van der Waals surface area (Å²) < 4.78 is 2.00. The molecule has 0 saturated heterocycles. The summed E-state index contributed by atoms with van der Waals surface area (Å²) in [6.45, 7) is 0. The Labute approximate surface area is 81.4 Å². The van der Waals surface area contributed by atoms with Crippen LogP contribution in [0.5, 0.6) is 0 Å². The van der Waals surface area contributed by atoms with Crippen LogP contribution in [0.15, 0.2) is 22.2 Å². The van der Waals surface area contributed by atoms with E-state index in [0.717, 1.165) is 20.8 Å². The molecule has 2 rings (SSSR count). The minimum Gasteiger partial charge on any atom is -0.298 e. The highest BCUT2D eigenvalue weighted by molar-refractivity contribution is 9.10. The quantitative estimate of drug-likeness (QED) is 0.719. The highest BCUT2D eigenvalue weighted by Gasteiger charge is 2.05. The van der Waals surface area contributed by atoms with Crippen molar-refractivity contribution in [1.29, 1.82) is 0 Å². The Morgan fingerprint density at radius 3 is 3.08 bits per heavy atom. The maximum absolute atomic E-state index is 10.6. The third-order valence-electron chi connectivity index (χ3n) is 1.60. The van der Waals surface area contributed by atoms with Gasteiger partial charge in [0.2, 0.25) is 0 Å². The molecular formula is C8H4BrNOS. The number of nitrogens with zero attached hydrogens (tertiary/aromatic N) is 1. The molecule has 4 heteroatoms. The molecule has 2 aromatic rings. The van der Waals surface area contributed by atoms with E-state index < -0.39 is 0 Å². The zero-order valence-electron chi connectivity index (χ0n) is 5.95. The molecule has 2 aromatic heterocycles. The van der Waals surface area contributed by atoms with Gasteiger partial charge in [-0.05, 0) is 15.9 Å². The molecule has 0 N–H and O–H groups in total. The van der Waals surface area contributed by atoms with Crippen LogP contribution in [0.4, 0.5) is 0 Å². The number of aromatic nitrogens is 1. The second-order valence-corrected chi connectivity index (χ2v) is 4.07. The molecule has 0 bridgehead atoms. The first-order valence-corrected chi connectivity index (χ1v) is 4.96. The van der Waals surface area contributed by atoms with E-state index in [-0.39, 0.29) is 0 Å². The number of halogens is 1. The molecule has 0 atom stereocenters. The molecule has 0 fully saturated rings. The summed E-state index contributed by atoms with van der Waals surface area (Å²) >= 11 is 4.96. The number of thiophene rings is 1. The van der Waals surface area contributed by atoms with Crippen LogP contribution in [0.1, 0.15) is 10.4 Å². The van der Waals surface area contributed by atoms with Gasteiger partial charge in [0, 0.05) is 33.2 Å².